The van der Waals surface area contributed by atoms with Crippen molar-refractivity contribution in [2.45, 2.75) is 19.8 Å². The van der Waals surface area contributed by atoms with Crippen LogP contribution in [0.5, 0.6) is 11.5 Å². The SMILES string of the molecule is CCOC(=O)c1c(OC(F)(F)F)cnc(CN)c1O. The third-order valence-corrected chi connectivity index (χ3v) is 1.99. The van der Waals surface area contributed by atoms with Crippen molar-refractivity contribution in [2.75, 3.05) is 6.61 Å². The normalized spacial score (nSPS) is 11.2. The van der Waals surface area contributed by atoms with E-state index in [1.54, 1.807) is 0 Å². The van der Waals surface area contributed by atoms with Crippen LogP contribution in [0.3, 0.4) is 0 Å². The number of rotatable bonds is 4. The Morgan fingerprint density at radius 3 is 2.63 bits per heavy atom. The molecule has 1 aromatic rings. The molecular formula is C10H11F3N2O4. The lowest BCUT2D eigenvalue weighted by atomic mass is 10.2. The fourth-order valence-corrected chi connectivity index (χ4v) is 1.28. The number of ether oxygens (including phenoxy) is 2. The highest BCUT2D eigenvalue weighted by atomic mass is 19.4. The molecule has 0 aliphatic rings. The molecule has 0 bridgehead atoms. The fourth-order valence-electron chi connectivity index (χ4n) is 1.28. The Hall–Kier alpha value is -2.03. The Morgan fingerprint density at radius 1 is 1.53 bits per heavy atom. The van der Waals surface area contributed by atoms with Crippen molar-refractivity contribution in [1.29, 1.82) is 0 Å². The predicted octanol–water partition coefficient (Wildman–Crippen LogP) is 1.32. The number of nitrogens with two attached hydrogens (primary N) is 1. The molecule has 0 spiro atoms. The number of aromatic nitrogens is 1. The lowest BCUT2D eigenvalue weighted by molar-refractivity contribution is -0.274. The van der Waals surface area contributed by atoms with E-state index in [0.717, 1.165) is 0 Å². The quantitative estimate of drug-likeness (QED) is 0.808. The number of alkyl halides is 3. The van der Waals surface area contributed by atoms with E-state index in [9.17, 15) is 23.1 Å². The Morgan fingerprint density at radius 2 is 2.16 bits per heavy atom. The molecule has 3 N–H and O–H groups in total. The van der Waals surface area contributed by atoms with Crippen LogP contribution in [-0.2, 0) is 11.3 Å². The van der Waals surface area contributed by atoms with Crippen LogP contribution in [0.15, 0.2) is 6.20 Å². The summed E-state index contributed by atoms with van der Waals surface area (Å²) >= 11 is 0. The summed E-state index contributed by atoms with van der Waals surface area (Å²) in [5.74, 6) is -2.89. The lowest BCUT2D eigenvalue weighted by Crippen LogP contribution is -2.20. The van der Waals surface area contributed by atoms with Gasteiger partial charge in [-0.05, 0) is 6.92 Å². The molecule has 1 heterocycles. The van der Waals surface area contributed by atoms with E-state index in [-0.39, 0.29) is 18.8 Å². The Bertz CT molecular complexity index is 477. The van der Waals surface area contributed by atoms with Crippen LogP contribution >= 0.6 is 0 Å². The average Bonchev–Trinajstić information content (AvgIpc) is 2.27. The second kappa shape index (κ2) is 5.74. The number of carbonyl (C=O) groups excluding carboxylic acids is 1. The van der Waals surface area contributed by atoms with Gasteiger partial charge in [0.2, 0.25) is 0 Å². The van der Waals surface area contributed by atoms with Gasteiger partial charge in [0.1, 0.15) is 5.56 Å². The number of nitrogens with zero attached hydrogens (tertiary/aromatic N) is 1. The molecule has 0 saturated heterocycles. The summed E-state index contributed by atoms with van der Waals surface area (Å²) in [7, 11) is 0. The fraction of sp³-hybridized carbons (Fsp3) is 0.400. The van der Waals surface area contributed by atoms with Gasteiger partial charge in [0.05, 0.1) is 18.5 Å². The first kappa shape index (κ1) is 15.0. The topological polar surface area (TPSA) is 94.7 Å². The molecule has 1 aromatic heterocycles. The van der Waals surface area contributed by atoms with Crippen molar-refractivity contribution in [2.24, 2.45) is 5.73 Å². The third kappa shape index (κ3) is 3.71. The molecule has 0 radical (unpaired) electrons. The lowest BCUT2D eigenvalue weighted by Gasteiger charge is -2.14. The zero-order valence-corrected chi connectivity index (χ0v) is 9.82. The van der Waals surface area contributed by atoms with Gasteiger partial charge in [-0.1, -0.05) is 0 Å². The molecule has 0 aliphatic heterocycles. The van der Waals surface area contributed by atoms with E-state index in [0.29, 0.717) is 6.20 Å². The molecule has 0 fully saturated rings. The van der Waals surface area contributed by atoms with Gasteiger partial charge in [0.25, 0.3) is 0 Å². The van der Waals surface area contributed by atoms with Crippen LogP contribution in [0.4, 0.5) is 13.2 Å². The molecule has 0 amide bonds. The highest BCUT2D eigenvalue weighted by Gasteiger charge is 2.35. The molecule has 1 rings (SSSR count). The van der Waals surface area contributed by atoms with Crippen LogP contribution in [-0.4, -0.2) is 29.0 Å². The van der Waals surface area contributed by atoms with Gasteiger partial charge in [-0.15, -0.1) is 13.2 Å². The minimum atomic E-state index is -5.03. The number of hydrogen-bond acceptors (Lipinski definition) is 6. The summed E-state index contributed by atoms with van der Waals surface area (Å²) in [6.07, 6.45) is -4.37. The highest BCUT2D eigenvalue weighted by Crippen LogP contribution is 2.33. The van der Waals surface area contributed by atoms with Gasteiger partial charge in [0.15, 0.2) is 11.5 Å². The number of carbonyl (C=O) groups is 1. The third-order valence-electron chi connectivity index (χ3n) is 1.99. The maximum Gasteiger partial charge on any atom is 0.573 e. The van der Waals surface area contributed by atoms with E-state index in [4.69, 9.17) is 5.73 Å². The average molecular weight is 280 g/mol. The van der Waals surface area contributed by atoms with E-state index in [1.807, 2.05) is 0 Å². The van der Waals surface area contributed by atoms with Crippen LogP contribution in [0.25, 0.3) is 0 Å². The van der Waals surface area contributed by atoms with Crippen LogP contribution in [0.2, 0.25) is 0 Å². The molecule has 0 aliphatic carbocycles. The predicted molar refractivity (Wildman–Crippen MR) is 56.4 cm³/mol. The molecule has 19 heavy (non-hydrogen) atoms. The number of hydrogen-bond donors (Lipinski definition) is 2. The molecule has 106 valence electrons. The number of pyridine rings is 1. The Balaban J connectivity index is 3.30. The Labute approximate surface area is 105 Å². The maximum atomic E-state index is 12.2. The van der Waals surface area contributed by atoms with Crippen LogP contribution < -0.4 is 10.5 Å². The van der Waals surface area contributed by atoms with Gasteiger partial charge >= 0.3 is 12.3 Å². The summed E-state index contributed by atoms with van der Waals surface area (Å²) in [6, 6.07) is 0. The first-order valence-electron chi connectivity index (χ1n) is 5.14. The number of aromatic hydroxyl groups is 1. The second-order valence-electron chi connectivity index (χ2n) is 3.27. The number of halogens is 3. The van der Waals surface area contributed by atoms with Gasteiger partial charge in [-0.2, -0.15) is 0 Å². The summed E-state index contributed by atoms with van der Waals surface area (Å²) in [5.41, 5.74) is 4.34. The molecule has 0 aromatic carbocycles. The van der Waals surface area contributed by atoms with Crippen molar-refractivity contribution in [1.82, 2.24) is 4.98 Å². The first-order chi connectivity index (χ1) is 8.80. The van der Waals surface area contributed by atoms with Crippen LogP contribution in [0, 0.1) is 0 Å². The molecule has 0 unspecified atom stereocenters. The largest absolute Gasteiger partial charge is 0.573 e. The van der Waals surface area contributed by atoms with E-state index in [2.05, 4.69) is 14.5 Å². The molecule has 9 heteroatoms. The highest BCUT2D eigenvalue weighted by molar-refractivity contribution is 5.95. The molecule has 0 atom stereocenters. The van der Waals surface area contributed by atoms with E-state index < -0.39 is 29.4 Å². The summed E-state index contributed by atoms with van der Waals surface area (Å²) in [4.78, 5) is 15.0. The minimum absolute atomic E-state index is 0.0794. The van der Waals surface area contributed by atoms with Crippen molar-refractivity contribution in [3.8, 4) is 11.5 Å². The summed E-state index contributed by atoms with van der Waals surface area (Å²) in [5, 5.41) is 9.67. The smallest absolute Gasteiger partial charge is 0.505 e. The molecule has 6 nitrogen and oxygen atoms in total. The van der Waals surface area contributed by atoms with Crippen molar-refractivity contribution >= 4 is 5.97 Å². The maximum absolute atomic E-state index is 12.2. The zero-order chi connectivity index (χ0) is 14.6. The van der Waals surface area contributed by atoms with Gasteiger partial charge in [0, 0.05) is 6.54 Å². The Kier molecular flexibility index (Phi) is 4.54. The van der Waals surface area contributed by atoms with Crippen molar-refractivity contribution in [3.05, 3.63) is 17.5 Å². The van der Waals surface area contributed by atoms with Crippen molar-refractivity contribution in [3.63, 3.8) is 0 Å². The van der Waals surface area contributed by atoms with E-state index >= 15 is 0 Å². The standard InChI is InChI=1S/C10H11F3N2O4/c1-2-18-9(17)7-6(19-10(11,12)13)4-15-5(3-14)8(7)16/h4,16H,2-3,14H2,1H3. The van der Waals surface area contributed by atoms with Gasteiger partial charge in [-0.3, -0.25) is 4.98 Å². The van der Waals surface area contributed by atoms with Gasteiger partial charge in [-0.25, -0.2) is 4.79 Å². The molecule has 0 saturated carbocycles. The summed E-state index contributed by atoms with van der Waals surface area (Å²) < 4.78 is 44.7. The first-order valence-corrected chi connectivity index (χ1v) is 5.14. The minimum Gasteiger partial charge on any atom is -0.505 e. The second-order valence-corrected chi connectivity index (χ2v) is 3.27. The zero-order valence-electron chi connectivity index (χ0n) is 9.82. The van der Waals surface area contributed by atoms with Gasteiger partial charge < -0.3 is 20.3 Å². The van der Waals surface area contributed by atoms with Crippen molar-refractivity contribution < 1.29 is 32.5 Å². The van der Waals surface area contributed by atoms with E-state index in [1.165, 1.54) is 6.92 Å². The number of esters is 1. The molecular weight excluding hydrogens is 269 g/mol. The summed E-state index contributed by atoms with van der Waals surface area (Å²) in [6.45, 7) is 1.12. The van der Waals surface area contributed by atoms with Crippen LogP contribution in [0.1, 0.15) is 23.0 Å². The monoisotopic (exact) mass is 280 g/mol.